The maximum Gasteiger partial charge on any atom is 0.272 e. The number of aliphatic hydroxyl groups excluding tert-OH is 1. The Bertz CT molecular complexity index is 907. The van der Waals surface area contributed by atoms with Crippen molar-refractivity contribution in [1.82, 2.24) is 14.8 Å². The molecule has 2 aromatic rings. The molecule has 2 atom stereocenters. The first-order valence-corrected chi connectivity index (χ1v) is 10.1. The van der Waals surface area contributed by atoms with Crippen molar-refractivity contribution < 1.29 is 14.7 Å². The first-order valence-electron chi connectivity index (χ1n) is 10.1. The van der Waals surface area contributed by atoms with Crippen molar-refractivity contribution in [3.8, 4) is 0 Å². The van der Waals surface area contributed by atoms with E-state index in [0.717, 1.165) is 11.3 Å². The van der Waals surface area contributed by atoms with Crippen LogP contribution in [0.15, 0.2) is 48.5 Å². The van der Waals surface area contributed by atoms with E-state index in [9.17, 15) is 14.7 Å². The van der Waals surface area contributed by atoms with E-state index in [1.54, 1.807) is 22.9 Å². The second-order valence-electron chi connectivity index (χ2n) is 8.28. The third kappa shape index (κ3) is 3.53. The van der Waals surface area contributed by atoms with Gasteiger partial charge in [-0.05, 0) is 43.9 Å². The molecule has 6 heteroatoms. The van der Waals surface area contributed by atoms with Crippen molar-refractivity contribution in [1.29, 1.82) is 0 Å². The lowest BCUT2D eigenvalue weighted by molar-refractivity contribution is -0.161. The highest BCUT2D eigenvalue weighted by molar-refractivity contribution is 5.92. The lowest BCUT2D eigenvalue weighted by Crippen LogP contribution is -2.58. The average Bonchev–Trinajstić information content (AvgIpc) is 2.73. The first kappa shape index (κ1) is 19.6. The van der Waals surface area contributed by atoms with Gasteiger partial charge in [0.15, 0.2) is 0 Å². The van der Waals surface area contributed by atoms with Gasteiger partial charge in [0.25, 0.3) is 5.91 Å². The lowest BCUT2D eigenvalue weighted by atomic mass is 9.68. The molecule has 3 heterocycles. The molecule has 0 bridgehead atoms. The van der Waals surface area contributed by atoms with Crippen LogP contribution in [0.1, 0.15) is 47.1 Å². The number of piperidine rings is 2. The van der Waals surface area contributed by atoms with Gasteiger partial charge in [-0.1, -0.05) is 36.4 Å². The molecule has 0 saturated carbocycles. The summed E-state index contributed by atoms with van der Waals surface area (Å²) in [6, 6.07) is 14.8. The summed E-state index contributed by atoms with van der Waals surface area (Å²) < 4.78 is 0. The summed E-state index contributed by atoms with van der Waals surface area (Å²) >= 11 is 0. The molecule has 4 rings (SSSR count). The monoisotopic (exact) mass is 393 g/mol. The molecule has 2 fully saturated rings. The number of aliphatic hydroxyl groups is 1. The summed E-state index contributed by atoms with van der Waals surface area (Å²) in [7, 11) is 1.78. The summed E-state index contributed by atoms with van der Waals surface area (Å²) in [5, 5.41) is 10.9. The van der Waals surface area contributed by atoms with Crippen LogP contribution in [-0.4, -0.2) is 57.9 Å². The molecule has 0 unspecified atom stereocenters. The highest BCUT2D eigenvalue weighted by atomic mass is 16.3. The van der Waals surface area contributed by atoms with E-state index < -0.39 is 11.5 Å². The molecule has 2 aliphatic heterocycles. The summed E-state index contributed by atoms with van der Waals surface area (Å²) in [5.74, 6) is -0.0275. The average molecular weight is 393 g/mol. The Hall–Kier alpha value is -2.73. The molecule has 1 aromatic heterocycles. The Morgan fingerprint density at radius 1 is 1.10 bits per heavy atom. The minimum atomic E-state index is -0.624. The van der Waals surface area contributed by atoms with Crippen molar-refractivity contribution in [3.05, 3.63) is 65.5 Å². The van der Waals surface area contributed by atoms with Crippen molar-refractivity contribution in [2.75, 3.05) is 20.1 Å². The minimum absolute atomic E-state index is 0.0671. The fourth-order valence-corrected chi connectivity index (χ4v) is 4.83. The summed E-state index contributed by atoms with van der Waals surface area (Å²) in [6.45, 7) is 2.86. The Morgan fingerprint density at radius 3 is 2.45 bits per heavy atom. The number of likely N-dealkylation sites (N-methyl/N-ethyl adjacent to an activating group) is 1. The van der Waals surface area contributed by atoms with Gasteiger partial charge < -0.3 is 14.9 Å². The Labute approximate surface area is 171 Å². The van der Waals surface area contributed by atoms with E-state index in [1.807, 2.05) is 49.4 Å². The van der Waals surface area contributed by atoms with Gasteiger partial charge in [-0.2, -0.15) is 0 Å². The maximum atomic E-state index is 13.3. The van der Waals surface area contributed by atoms with Crippen LogP contribution in [0.4, 0.5) is 0 Å². The molecule has 0 radical (unpaired) electrons. The number of carbonyl (C=O) groups is 2. The normalized spacial score (nSPS) is 24.0. The number of pyridine rings is 1. The van der Waals surface area contributed by atoms with E-state index >= 15 is 0 Å². The van der Waals surface area contributed by atoms with E-state index in [-0.39, 0.29) is 17.9 Å². The van der Waals surface area contributed by atoms with Crippen molar-refractivity contribution >= 4 is 11.8 Å². The Balaban J connectivity index is 1.48. The van der Waals surface area contributed by atoms with E-state index in [0.29, 0.717) is 38.0 Å². The zero-order chi connectivity index (χ0) is 20.6. The van der Waals surface area contributed by atoms with Crippen LogP contribution < -0.4 is 0 Å². The number of rotatable bonds is 2. The van der Waals surface area contributed by atoms with Crippen molar-refractivity contribution in [3.63, 3.8) is 0 Å². The lowest BCUT2D eigenvalue weighted by Gasteiger charge is -2.50. The molecule has 29 heavy (non-hydrogen) atoms. The topological polar surface area (TPSA) is 73.7 Å². The minimum Gasteiger partial charge on any atom is -0.391 e. The molecular formula is C23H27N3O3. The second-order valence-corrected chi connectivity index (χ2v) is 8.28. The fraction of sp³-hybridized carbons (Fsp3) is 0.435. The second kappa shape index (κ2) is 7.59. The van der Waals surface area contributed by atoms with Gasteiger partial charge in [0.2, 0.25) is 5.91 Å². The molecule has 1 aromatic carbocycles. The predicted molar refractivity (Wildman–Crippen MR) is 109 cm³/mol. The van der Waals surface area contributed by atoms with Crippen LogP contribution >= 0.6 is 0 Å². The molecule has 2 aliphatic rings. The smallest absolute Gasteiger partial charge is 0.272 e. The number of aryl methyl sites for hydroxylation is 1. The van der Waals surface area contributed by atoms with Gasteiger partial charge in [-0.3, -0.25) is 9.59 Å². The largest absolute Gasteiger partial charge is 0.391 e. The van der Waals surface area contributed by atoms with Gasteiger partial charge >= 0.3 is 0 Å². The quantitative estimate of drug-likeness (QED) is 0.851. The molecule has 0 aliphatic carbocycles. The number of nitrogens with zero attached hydrogens (tertiary/aromatic N) is 3. The van der Waals surface area contributed by atoms with Gasteiger partial charge in [-0.25, -0.2) is 4.98 Å². The third-order valence-corrected chi connectivity index (χ3v) is 6.41. The van der Waals surface area contributed by atoms with Crippen LogP contribution in [0, 0.1) is 12.3 Å². The van der Waals surface area contributed by atoms with Gasteiger partial charge in [0, 0.05) is 25.8 Å². The molecular weight excluding hydrogens is 366 g/mol. The number of benzene rings is 1. The van der Waals surface area contributed by atoms with Gasteiger partial charge in [0.05, 0.1) is 17.6 Å². The zero-order valence-corrected chi connectivity index (χ0v) is 16.9. The predicted octanol–water partition coefficient (Wildman–Crippen LogP) is 2.58. The van der Waals surface area contributed by atoms with E-state index in [2.05, 4.69) is 4.98 Å². The number of aromatic nitrogens is 1. The molecule has 1 spiro atoms. The zero-order valence-electron chi connectivity index (χ0n) is 16.9. The SMILES string of the molecule is Cc1cccc(C(=O)N2CCC3(CC2)C[C@@H](O)[C@H](c2ccccc2)N(C)C3=O)n1. The van der Waals surface area contributed by atoms with Crippen LogP contribution in [0.3, 0.4) is 0 Å². The maximum absolute atomic E-state index is 13.3. The number of hydrogen-bond donors (Lipinski definition) is 1. The van der Waals surface area contributed by atoms with E-state index in [4.69, 9.17) is 0 Å². The van der Waals surface area contributed by atoms with Crippen LogP contribution in [0.5, 0.6) is 0 Å². The molecule has 2 amide bonds. The fourth-order valence-electron chi connectivity index (χ4n) is 4.83. The Morgan fingerprint density at radius 2 is 1.79 bits per heavy atom. The summed E-state index contributed by atoms with van der Waals surface area (Å²) in [6.07, 6.45) is 0.930. The van der Waals surface area contributed by atoms with E-state index in [1.165, 1.54) is 0 Å². The molecule has 1 N–H and O–H groups in total. The standard InChI is InChI=1S/C23H27N3O3/c1-16-7-6-10-18(24-16)21(28)26-13-11-23(12-14-26)15-19(27)20(25(2)22(23)29)17-8-4-3-5-9-17/h3-10,19-20,27H,11-15H2,1-2H3/t19-,20+/m1/s1. The van der Waals surface area contributed by atoms with Crippen molar-refractivity contribution in [2.24, 2.45) is 5.41 Å². The van der Waals surface area contributed by atoms with Crippen LogP contribution in [0.2, 0.25) is 0 Å². The number of amides is 2. The number of likely N-dealkylation sites (tertiary alicyclic amines) is 2. The number of hydrogen-bond acceptors (Lipinski definition) is 4. The first-order chi connectivity index (χ1) is 13.9. The molecule has 2 saturated heterocycles. The molecule has 6 nitrogen and oxygen atoms in total. The highest BCUT2D eigenvalue weighted by Gasteiger charge is 2.51. The Kier molecular flexibility index (Phi) is 5.13. The van der Waals surface area contributed by atoms with Crippen molar-refractivity contribution in [2.45, 2.75) is 38.3 Å². The highest BCUT2D eigenvalue weighted by Crippen LogP contribution is 2.46. The van der Waals surface area contributed by atoms with Gasteiger partial charge in [0.1, 0.15) is 5.69 Å². The summed E-state index contributed by atoms with van der Waals surface area (Å²) in [5.41, 5.74) is 1.60. The number of carbonyl (C=O) groups excluding carboxylic acids is 2. The van der Waals surface area contributed by atoms with Gasteiger partial charge in [-0.15, -0.1) is 0 Å². The van der Waals surface area contributed by atoms with Crippen LogP contribution in [0.25, 0.3) is 0 Å². The summed E-state index contributed by atoms with van der Waals surface area (Å²) in [4.78, 5) is 33.9. The molecule has 152 valence electrons. The van der Waals surface area contributed by atoms with Crippen LogP contribution in [-0.2, 0) is 4.79 Å². The third-order valence-electron chi connectivity index (χ3n) is 6.41.